The number of hydrogen-bond acceptors (Lipinski definition) is 5. The number of anilines is 1. The van der Waals surface area contributed by atoms with Crippen LogP contribution in [0.15, 0.2) is 12.3 Å². The van der Waals surface area contributed by atoms with E-state index in [2.05, 4.69) is 28.8 Å². The van der Waals surface area contributed by atoms with Gasteiger partial charge < -0.3 is 9.80 Å². The number of aromatic nitrogens is 1. The Kier molecular flexibility index (Phi) is 3.99. The summed E-state index contributed by atoms with van der Waals surface area (Å²) in [6, 6.07) is 2.14. The maximum Gasteiger partial charge on any atom is 0.287 e. The van der Waals surface area contributed by atoms with Crippen molar-refractivity contribution in [2.45, 2.75) is 26.3 Å². The van der Waals surface area contributed by atoms with E-state index in [9.17, 15) is 10.1 Å². The highest BCUT2D eigenvalue weighted by molar-refractivity contribution is 5.51. The van der Waals surface area contributed by atoms with Crippen molar-refractivity contribution in [3.8, 4) is 0 Å². The molecule has 1 aliphatic rings. The van der Waals surface area contributed by atoms with Gasteiger partial charge in [0.25, 0.3) is 5.69 Å². The maximum atomic E-state index is 10.7. The summed E-state index contributed by atoms with van der Waals surface area (Å²) in [7, 11) is 2.13. The first-order chi connectivity index (χ1) is 9.02. The Labute approximate surface area is 113 Å². The molecule has 6 nitrogen and oxygen atoms in total. The zero-order valence-electron chi connectivity index (χ0n) is 11.7. The molecule has 0 aromatic carbocycles. The molecule has 0 radical (unpaired) electrons. The van der Waals surface area contributed by atoms with E-state index in [1.165, 1.54) is 6.20 Å². The zero-order valence-corrected chi connectivity index (χ0v) is 11.7. The Morgan fingerprint density at radius 2 is 2.37 bits per heavy atom. The van der Waals surface area contributed by atoms with Crippen molar-refractivity contribution >= 4 is 11.5 Å². The van der Waals surface area contributed by atoms with Crippen LogP contribution in [-0.2, 0) is 0 Å². The average molecular weight is 264 g/mol. The van der Waals surface area contributed by atoms with Crippen LogP contribution in [0.2, 0.25) is 0 Å². The van der Waals surface area contributed by atoms with E-state index in [1.54, 1.807) is 6.07 Å². The second-order valence-corrected chi connectivity index (χ2v) is 5.05. The Bertz CT molecular complexity index is 478. The Balaban J connectivity index is 2.13. The average Bonchev–Trinajstić information content (AvgIpc) is 2.87. The molecule has 2 heterocycles. The molecular weight excluding hydrogens is 244 g/mol. The van der Waals surface area contributed by atoms with Crippen LogP contribution in [0.5, 0.6) is 0 Å². The summed E-state index contributed by atoms with van der Waals surface area (Å²) >= 11 is 0. The first-order valence-corrected chi connectivity index (χ1v) is 6.59. The zero-order chi connectivity index (χ0) is 14.0. The SMILES string of the molecule is CCN(C)C1CCN(c2ncc([N+](=O)[O-])cc2C)C1. The normalized spacial score (nSPS) is 19.2. The lowest BCUT2D eigenvalue weighted by atomic mass is 10.2. The minimum atomic E-state index is -0.401. The molecule has 1 atom stereocenters. The number of aryl methyl sites for hydroxylation is 1. The summed E-state index contributed by atoms with van der Waals surface area (Å²) < 4.78 is 0. The standard InChI is InChI=1S/C13H20N4O2/c1-4-15(3)11-5-6-16(9-11)13-10(2)7-12(8-14-13)17(18)19/h7-8,11H,4-6,9H2,1-3H3. The highest BCUT2D eigenvalue weighted by Crippen LogP contribution is 2.26. The first-order valence-electron chi connectivity index (χ1n) is 6.59. The summed E-state index contributed by atoms with van der Waals surface area (Å²) in [5.74, 6) is 0.873. The molecule has 0 bridgehead atoms. The van der Waals surface area contributed by atoms with Gasteiger partial charge in [0.1, 0.15) is 12.0 Å². The van der Waals surface area contributed by atoms with Crippen LogP contribution in [0, 0.1) is 17.0 Å². The Morgan fingerprint density at radius 1 is 1.63 bits per heavy atom. The van der Waals surface area contributed by atoms with Gasteiger partial charge in [-0.15, -0.1) is 0 Å². The molecule has 1 fully saturated rings. The highest BCUT2D eigenvalue weighted by Gasteiger charge is 2.27. The van der Waals surface area contributed by atoms with Crippen molar-refractivity contribution in [1.29, 1.82) is 0 Å². The van der Waals surface area contributed by atoms with Crippen LogP contribution in [0.1, 0.15) is 18.9 Å². The summed E-state index contributed by atoms with van der Waals surface area (Å²) in [6.07, 6.45) is 2.46. The van der Waals surface area contributed by atoms with E-state index < -0.39 is 4.92 Å². The van der Waals surface area contributed by atoms with Crippen LogP contribution < -0.4 is 4.90 Å². The minimum absolute atomic E-state index is 0.0580. The van der Waals surface area contributed by atoms with Crippen molar-refractivity contribution in [3.05, 3.63) is 27.9 Å². The van der Waals surface area contributed by atoms with Crippen LogP contribution >= 0.6 is 0 Å². The van der Waals surface area contributed by atoms with Gasteiger partial charge in [-0.2, -0.15) is 0 Å². The quantitative estimate of drug-likeness (QED) is 0.613. The van der Waals surface area contributed by atoms with Crippen molar-refractivity contribution in [2.75, 3.05) is 31.6 Å². The van der Waals surface area contributed by atoms with Gasteiger partial charge in [0.05, 0.1) is 4.92 Å². The third-order valence-electron chi connectivity index (χ3n) is 3.83. The predicted octanol–water partition coefficient (Wildman–Crippen LogP) is 1.83. The second-order valence-electron chi connectivity index (χ2n) is 5.05. The van der Waals surface area contributed by atoms with Crippen LogP contribution in [0.4, 0.5) is 11.5 Å². The molecule has 0 spiro atoms. The first kappa shape index (κ1) is 13.7. The monoisotopic (exact) mass is 264 g/mol. The van der Waals surface area contributed by atoms with Crippen molar-refractivity contribution in [2.24, 2.45) is 0 Å². The second kappa shape index (κ2) is 5.52. The summed E-state index contributed by atoms with van der Waals surface area (Å²) in [5, 5.41) is 10.7. The summed E-state index contributed by atoms with van der Waals surface area (Å²) in [5.41, 5.74) is 0.927. The minimum Gasteiger partial charge on any atom is -0.355 e. The molecule has 1 aromatic rings. The van der Waals surface area contributed by atoms with Crippen molar-refractivity contribution < 1.29 is 4.92 Å². The number of rotatable bonds is 4. The largest absolute Gasteiger partial charge is 0.355 e. The fourth-order valence-corrected chi connectivity index (χ4v) is 2.54. The van der Waals surface area contributed by atoms with Crippen molar-refractivity contribution in [1.82, 2.24) is 9.88 Å². The number of nitrogens with zero attached hydrogens (tertiary/aromatic N) is 4. The molecule has 0 saturated carbocycles. The molecule has 0 N–H and O–H groups in total. The molecule has 0 amide bonds. The van der Waals surface area contributed by atoms with E-state index in [-0.39, 0.29) is 5.69 Å². The van der Waals surface area contributed by atoms with E-state index in [0.717, 1.165) is 37.4 Å². The van der Waals surface area contributed by atoms with Crippen LogP contribution in [0.3, 0.4) is 0 Å². The summed E-state index contributed by atoms with van der Waals surface area (Å²) in [4.78, 5) is 19.1. The van der Waals surface area contributed by atoms with Gasteiger partial charge in [-0.3, -0.25) is 10.1 Å². The van der Waals surface area contributed by atoms with Gasteiger partial charge in [-0.25, -0.2) is 4.98 Å². The lowest BCUT2D eigenvalue weighted by molar-refractivity contribution is -0.385. The van der Waals surface area contributed by atoms with Gasteiger partial charge in [0.15, 0.2) is 0 Å². The summed E-state index contributed by atoms with van der Waals surface area (Å²) in [6.45, 7) is 6.96. The third-order valence-corrected chi connectivity index (χ3v) is 3.83. The van der Waals surface area contributed by atoms with Gasteiger partial charge in [-0.05, 0) is 32.5 Å². The van der Waals surface area contributed by atoms with Gasteiger partial charge in [-0.1, -0.05) is 6.92 Å². The predicted molar refractivity (Wildman–Crippen MR) is 74.6 cm³/mol. The molecule has 19 heavy (non-hydrogen) atoms. The Hall–Kier alpha value is -1.69. The lowest BCUT2D eigenvalue weighted by Gasteiger charge is -2.24. The van der Waals surface area contributed by atoms with E-state index in [0.29, 0.717) is 6.04 Å². The number of hydrogen-bond donors (Lipinski definition) is 0. The fourth-order valence-electron chi connectivity index (χ4n) is 2.54. The topological polar surface area (TPSA) is 62.5 Å². The third kappa shape index (κ3) is 2.84. The van der Waals surface area contributed by atoms with Crippen LogP contribution in [-0.4, -0.2) is 47.5 Å². The lowest BCUT2D eigenvalue weighted by Crippen LogP contribution is -2.34. The smallest absolute Gasteiger partial charge is 0.287 e. The van der Waals surface area contributed by atoms with Gasteiger partial charge in [0.2, 0.25) is 0 Å². The van der Waals surface area contributed by atoms with E-state index in [4.69, 9.17) is 0 Å². The molecule has 1 aromatic heterocycles. The molecule has 1 aliphatic heterocycles. The molecule has 104 valence electrons. The fraction of sp³-hybridized carbons (Fsp3) is 0.615. The van der Waals surface area contributed by atoms with Crippen molar-refractivity contribution in [3.63, 3.8) is 0 Å². The maximum absolute atomic E-state index is 10.7. The Morgan fingerprint density at radius 3 is 2.95 bits per heavy atom. The molecule has 1 saturated heterocycles. The van der Waals surface area contributed by atoms with Gasteiger partial charge in [0, 0.05) is 25.2 Å². The number of pyridine rings is 1. The van der Waals surface area contributed by atoms with Crippen LogP contribution in [0.25, 0.3) is 0 Å². The highest BCUT2D eigenvalue weighted by atomic mass is 16.6. The molecule has 0 aliphatic carbocycles. The van der Waals surface area contributed by atoms with Gasteiger partial charge >= 0.3 is 0 Å². The number of likely N-dealkylation sites (N-methyl/N-ethyl adjacent to an activating group) is 1. The number of nitro groups is 1. The molecular formula is C13H20N4O2. The molecule has 1 unspecified atom stereocenters. The van der Waals surface area contributed by atoms with E-state index >= 15 is 0 Å². The molecule has 2 rings (SSSR count). The van der Waals surface area contributed by atoms with E-state index in [1.807, 2.05) is 6.92 Å². The molecule has 6 heteroatoms.